The van der Waals surface area contributed by atoms with Gasteiger partial charge in [-0.05, 0) is 119 Å². The zero-order valence-electron chi connectivity index (χ0n) is 78.1. The van der Waals surface area contributed by atoms with E-state index in [0.29, 0.717) is 0 Å². The van der Waals surface area contributed by atoms with Gasteiger partial charge in [-0.25, -0.2) is 0 Å². The molecule has 0 radical (unpaired) electrons. The minimum absolute atomic E-state index is 0.478. The highest BCUT2D eigenvalue weighted by Gasteiger charge is 2.56. The molecule has 12 rings (SSSR count). The van der Waals surface area contributed by atoms with Gasteiger partial charge < -0.3 is 0 Å². The number of rotatable bonds is 72. The fraction of sp³-hybridized carbons (Fsp3) is 0.638. The Morgan fingerprint density at radius 2 is 0.336 bits per heavy atom. The first-order valence-corrected chi connectivity index (χ1v) is 57.6. The number of thiophene rings is 6. The van der Waals surface area contributed by atoms with Gasteiger partial charge in [0.1, 0.15) is 0 Å². The van der Waals surface area contributed by atoms with E-state index in [2.05, 4.69) is 193 Å². The lowest BCUT2D eigenvalue weighted by Crippen LogP contribution is -2.29. The van der Waals surface area contributed by atoms with Crippen LogP contribution in [0.5, 0.6) is 0 Å². The van der Waals surface area contributed by atoms with Crippen molar-refractivity contribution in [2.45, 2.75) is 475 Å². The Bertz CT molecular complexity index is 3950. The molecule has 6 aromatic heterocycles. The molecule has 0 spiro atoms. The number of hydrogen-bond donors (Lipinski definition) is 0. The predicted molar refractivity (Wildman–Crippen MR) is 554 cm³/mol. The molecule has 0 atom stereocenters. The summed E-state index contributed by atoms with van der Waals surface area (Å²) in [5.41, 5.74) is 17.1. The molecule has 0 unspecified atom stereocenters. The van der Waals surface area contributed by atoms with E-state index in [9.17, 15) is 0 Å². The molecular formula is C116H168S6. The maximum absolute atomic E-state index is 2.63. The standard InChI is InChI=1S/C116H168S6/c1-5-9-13-17-21-25-29-33-37-41-45-49-53-57-61-65-69-93-73-81-97(82-74-93)115(98-83-75-94(76-84-98)70-66-62-58-54-50-46-42-38-34-30-26-22-18-14-10-6-2)103-107-101(89-91-117-107)119-109(103)111-105(115)113-114(121-111)106-112(122-113)110-104(108-102(120-110)90-92-118-108)116(106,99-85-77-95(78-86-99)71-67-63-59-55-51-47-43-39-35-31-27-23-19-15-11-7-3)100-87-79-96(80-88-100)72-68-64-60-56-52-48-44-40-36-32-28-24-20-16-12-8-4/h73-92H,5-72H2,1-4H3. The van der Waals surface area contributed by atoms with Gasteiger partial charge in [0.25, 0.3) is 0 Å². The topological polar surface area (TPSA) is 0 Å². The normalized spacial score (nSPS) is 13.3. The summed E-state index contributed by atoms with van der Waals surface area (Å²) in [6.45, 7) is 9.31. The summed E-state index contributed by atoms with van der Waals surface area (Å²) in [6, 6.07) is 46.5. The molecule has 10 aromatic rings. The molecule has 0 aliphatic heterocycles. The van der Waals surface area contributed by atoms with E-state index in [1.165, 1.54) is 503 Å². The number of fused-ring (bicyclic) bond motifs is 13. The van der Waals surface area contributed by atoms with E-state index in [1.807, 2.05) is 22.7 Å². The minimum atomic E-state index is -0.478. The third-order valence-electron chi connectivity index (χ3n) is 28.8. The molecule has 0 saturated heterocycles. The summed E-state index contributed by atoms with van der Waals surface area (Å²) in [6.07, 6.45) is 94.8. The molecule has 6 heteroatoms. The molecule has 0 fully saturated rings. The van der Waals surface area contributed by atoms with Crippen LogP contribution in [0.25, 0.3) is 47.7 Å². The Balaban J connectivity index is 0.801. The van der Waals surface area contributed by atoms with Gasteiger partial charge in [0.15, 0.2) is 0 Å². The van der Waals surface area contributed by atoms with Crippen LogP contribution in [0, 0.1) is 0 Å². The summed E-state index contributed by atoms with van der Waals surface area (Å²) in [7, 11) is 0. The predicted octanol–water partition coefficient (Wildman–Crippen LogP) is 41.5. The molecule has 0 amide bonds. The summed E-state index contributed by atoms with van der Waals surface area (Å²) in [4.78, 5) is 6.10. The molecule has 122 heavy (non-hydrogen) atoms. The van der Waals surface area contributed by atoms with Crippen molar-refractivity contribution in [3.8, 4) is 19.5 Å². The fourth-order valence-corrected chi connectivity index (χ4v) is 29.9. The Hall–Kier alpha value is -4.14. The second-order valence-corrected chi connectivity index (χ2v) is 44.6. The monoisotopic (exact) mass is 1750 g/mol. The van der Waals surface area contributed by atoms with E-state index < -0.39 is 10.8 Å². The van der Waals surface area contributed by atoms with Crippen molar-refractivity contribution in [2.75, 3.05) is 0 Å². The van der Waals surface area contributed by atoms with Crippen molar-refractivity contribution >= 4 is 96.2 Å². The van der Waals surface area contributed by atoms with E-state index in [1.54, 1.807) is 22.3 Å². The first-order chi connectivity index (χ1) is 60.5. The number of hydrogen-bond acceptors (Lipinski definition) is 6. The smallest absolute Gasteiger partial charge is 0.0759 e. The first kappa shape index (κ1) is 96.9. The quantitative estimate of drug-likeness (QED) is 0.0333. The number of benzene rings is 4. The first-order valence-electron chi connectivity index (χ1n) is 52.5. The lowest BCUT2D eigenvalue weighted by Gasteiger charge is -2.34. The number of unbranched alkanes of at least 4 members (excludes halogenated alkanes) is 60. The summed E-state index contributed by atoms with van der Waals surface area (Å²) >= 11 is 12.5. The molecule has 2 aliphatic carbocycles. The third kappa shape index (κ3) is 27.5. The van der Waals surface area contributed by atoms with Crippen molar-refractivity contribution < 1.29 is 0 Å². The van der Waals surface area contributed by atoms with Crippen LogP contribution in [-0.2, 0) is 36.5 Å². The van der Waals surface area contributed by atoms with Crippen LogP contribution in [0.15, 0.2) is 120 Å². The van der Waals surface area contributed by atoms with Crippen LogP contribution in [0.1, 0.15) is 505 Å². The molecule has 0 N–H and O–H groups in total. The van der Waals surface area contributed by atoms with Crippen LogP contribution in [0.4, 0.5) is 0 Å². The lowest BCUT2D eigenvalue weighted by atomic mass is 9.67. The molecule has 668 valence electrons. The molecule has 2 aliphatic rings. The minimum Gasteiger partial charge on any atom is -0.143 e. The SMILES string of the molecule is CCCCCCCCCCCCCCCCCCc1ccc(C2(c3ccc(CCCCCCCCCCCCCCCCCC)cc3)c3c(sc4ccsc34)-c3sc4c5c(sc4c32)-c2sc3ccsc3c2C5(c2ccc(CCCCCCCCCCCCCCCCCC)cc2)c2ccc(CCCCCCCCCCCCCCCCCC)cc2)cc1. The average Bonchev–Trinajstić information content (AvgIpc) is 1.48. The maximum Gasteiger partial charge on any atom is 0.0759 e. The molecule has 4 aromatic carbocycles. The van der Waals surface area contributed by atoms with Crippen molar-refractivity contribution in [1.82, 2.24) is 0 Å². The highest BCUT2D eigenvalue weighted by Crippen LogP contribution is 2.72. The van der Waals surface area contributed by atoms with E-state index in [-0.39, 0.29) is 0 Å². The van der Waals surface area contributed by atoms with Crippen LogP contribution >= 0.6 is 68.0 Å². The Kier molecular flexibility index (Phi) is 44.2. The fourth-order valence-electron chi connectivity index (χ4n) is 21.5. The molecule has 0 bridgehead atoms. The Morgan fingerprint density at radius 3 is 0.525 bits per heavy atom. The second kappa shape index (κ2) is 55.7. The van der Waals surface area contributed by atoms with Gasteiger partial charge in [0.2, 0.25) is 0 Å². The largest absolute Gasteiger partial charge is 0.143 e. The van der Waals surface area contributed by atoms with Gasteiger partial charge >= 0.3 is 0 Å². The second-order valence-electron chi connectivity index (χ2n) is 38.6. The van der Waals surface area contributed by atoms with Gasteiger partial charge in [-0.2, -0.15) is 0 Å². The van der Waals surface area contributed by atoms with Crippen molar-refractivity contribution in [3.63, 3.8) is 0 Å². The third-order valence-corrected chi connectivity index (χ3v) is 36.2. The van der Waals surface area contributed by atoms with Crippen LogP contribution in [0.3, 0.4) is 0 Å². The van der Waals surface area contributed by atoms with Crippen molar-refractivity contribution in [1.29, 1.82) is 0 Å². The lowest BCUT2D eigenvalue weighted by molar-refractivity contribution is 0.529. The maximum atomic E-state index is 2.63. The zero-order chi connectivity index (χ0) is 84.2. The highest BCUT2D eigenvalue weighted by atomic mass is 32.1. The number of aryl methyl sites for hydroxylation is 4. The summed E-state index contributed by atoms with van der Waals surface area (Å²) in [5.74, 6) is 0. The molecular weight excluding hydrogens is 1590 g/mol. The molecule has 0 saturated carbocycles. The van der Waals surface area contributed by atoms with Gasteiger partial charge in [0, 0.05) is 31.7 Å². The highest BCUT2D eigenvalue weighted by molar-refractivity contribution is 7.37. The Morgan fingerprint density at radius 1 is 0.172 bits per heavy atom. The van der Waals surface area contributed by atoms with Crippen LogP contribution < -0.4 is 0 Å². The van der Waals surface area contributed by atoms with E-state index in [0.717, 1.165) is 25.7 Å². The summed E-state index contributed by atoms with van der Waals surface area (Å²) < 4.78 is 8.96. The van der Waals surface area contributed by atoms with Crippen molar-refractivity contribution in [2.24, 2.45) is 0 Å². The van der Waals surface area contributed by atoms with Gasteiger partial charge in [0.05, 0.1) is 49.1 Å². The zero-order valence-corrected chi connectivity index (χ0v) is 83.0. The van der Waals surface area contributed by atoms with Crippen LogP contribution in [0.2, 0.25) is 0 Å². The van der Waals surface area contributed by atoms with E-state index >= 15 is 0 Å². The molecule has 6 heterocycles. The van der Waals surface area contributed by atoms with E-state index in [4.69, 9.17) is 0 Å². The van der Waals surface area contributed by atoms with Gasteiger partial charge in [-0.15, -0.1) is 68.0 Å². The van der Waals surface area contributed by atoms with Gasteiger partial charge in [-0.3, -0.25) is 0 Å². The van der Waals surface area contributed by atoms with Gasteiger partial charge in [-0.1, -0.05) is 510 Å². The van der Waals surface area contributed by atoms with Crippen molar-refractivity contribution in [3.05, 3.63) is 187 Å². The Labute approximate surface area is 771 Å². The van der Waals surface area contributed by atoms with Crippen LogP contribution in [-0.4, -0.2) is 0 Å². The molecule has 0 nitrogen and oxygen atoms in total. The average molecular weight is 1760 g/mol. The summed E-state index contributed by atoms with van der Waals surface area (Å²) in [5, 5.41) is 4.79.